The van der Waals surface area contributed by atoms with Crippen LogP contribution in [0.3, 0.4) is 0 Å². The van der Waals surface area contributed by atoms with Crippen LogP contribution in [0, 0.1) is 12.8 Å². The van der Waals surface area contributed by atoms with Crippen LogP contribution in [0.4, 0.5) is 0 Å². The number of aromatic nitrogens is 1. The van der Waals surface area contributed by atoms with E-state index in [1.807, 2.05) is 0 Å². The average Bonchev–Trinajstić information content (AvgIpc) is 2.75. The van der Waals surface area contributed by atoms with E-state index in [0.29, 0.717) is 18.0 Å². The van der Waals surface area contributed by atoms with Crippen molar-refractivity contribution in [3.05, 3.63) is 16.1 Å². The number of likely N-dealkylation sites (tertiary alicyclic amines) is 1. The van der Waals surface area contributed by atoms with E-state index in [0.717, 1.165) is 6.54 Å². The highest BCUT2D eigenvalue weighted by atomic mass is 32.1. The van der Waals surface area contributed by atoms with Crippen LogP contribution < -0.4 is 5.32 Å². The van der Waals surface area contributed by atoms with Crippen LogP contribution in [0.2, 0.25) is 0 Å². The molecule has 0 aliphatic carbocycles. The molecule has 0 aromatic carbocycles. The monoisotopic (exact) mass is 267 g/mol. The van der Waals surface area contributed by atoms with Gasteiger partial charge in [0.15, 0.2) is 0 Å². The van der Waals surface area contributed by atoms with Gasteiger partial charge in [0.1, 0.15) is 0 Å². The van der Waals surface area contributed by atoms with E-state index in [1.54, 1.807) is 11.3 Å². The molecule has 1 fully saturated rings. The molecule has 0 radical (unpaired) electrons. The Bertz CT molecular complexity index is 373. The second kappa shape index (κ2) is 6.13. The van der Waals surface area contributed by atoms with E-state index >= 15 is 0 Å². The van der Waals surface area contributed by atoms with Crippen molar-refractivity contribution in [3.63, 3.8) is 0 Å². The number of piperidine rings is 1. The molecule has 1 N–H and O–H groups in total. The van der Waals surface area contributed by atoms with Crippen LogP contribution in [0.1, 0.15) is 43.4 Å². The van der Waals surface area contributed by atoms with Crippen molar-refractivity contribution in [2.45, 2.75) is 45.7 Å². The van der Waals surface area contributed by atoms with E-state index in [1.165, 1.54) is 30.1 Å². The van der Waals surface area contributed by atoms with Crippen molar-refractivity contribution >= 4 is 11.3 Å². The Morgan fingerprint density at radius 3 is 2.89 bits per heavy atom. The number of aryl methyl sites for hydroxylation is 1. The van der Waals surface area contributed by atoms with Gasteiger partial charge in [-0.1, -0.05) is 0 Å². The molecule has 0 amide bonds. The molecule has 0 spiro atoms. The minimum atomic E-state index is 0.496. The Balaban J connectivity index is 2.26. The molecule has 1 aromatic rings. The third-order valence-electron chi connectivity index (χ3n) is 3.86. The minimum absolute atomic E-state index is 0.496. The summed E-state index contributed by atoms with van der Waals surface area (Å²) in [5.74, 6) is 0.688. The third kappa shape index (κ3) is 2.92. The molecule has 102 valence electrons. The number of thiazole rings is 1. The molecule has 3 nitrogen and oxygen atoms in total. The molecule has 18 heavy (non-hydrogen) atoms. The first-order valence-electron chi connectivity index (χ1n) is 6.96. The van der Waals surface area contributed by atoms with Gasteiger partial charge in [-0.2, -0.15) is 0 Å². The topological polar surface area (TPSA) is 28.2 Å². The Hall–Kier alpha value is -0.450. The van der Waals surface area contributed by atoms with Crippen molar-refractivity contribution in [2.24, 2.45) is 5.92 Å². The summed E-state index contributed by atoms with van der Waals surface area (Å²) < 4.78 is 0. The lowest BCUT2D eigenvalue weighted by molar-refractivity contribution is 0.0612. The summed E-state index contributed by atoms with van der Waals surface area (Å²) in [7, 11) is 2.05. The second-order valence-corrected chi connectivity index (χ2v) is 6.59. The lowest BCUT2D eigenvalue weighted by Crippen LogP contribution is -2.45. The van der Waals surface area contributed by atoms with Crippen LogP contribution >= 0.6 is 11.3 Å². The number of hydrogen-bond acceptors (Lipinski definition) is 4. The van der Waals surface area contributed by atoms with Crippen LogP contribution in [0.5, 0.6) is 0 Å². The van der Waals surface area contributed by atoms with Gasteiger partial charge < -0.3 is 5.32 Å². The zero-order valence-electron chi connectivity index (χ0n) is 11.9. The summed E-state index contributed by atoms with van der Waals surface area (Å²) >= 11 is 1.77. The second-order valence-electron chi connectivity index (χ2n) is 5.53. The van der Waals surface area contributed by atoms with E-state index in [4.69, 9.17) is 4.98 Å². The Morgan fingerprint density at radius 1 is 1.56 bits per heavy atom. The summed E-state index contributed by atoms with van der Waals surface area (Å²) in [6, 6.07) is 1.09. The normalized spacial score (nSPS) is 25.8. The van der Waals surface area contributed by atoms with Crippen molar-refractivity contribution in [1.29, 1.82) is 0 Å². The molecule has 2 unspecified atom stereocenters. The van der Waals surface area contributed by atoms with E-state index in [-0.39, 0.29) is 0 Å². The lowest BCUT2D eigenvalue weighted by Gasteiger charge is -2.43. The zero-order chi connectivity index (χ0) is 13.1. The maximum absolute atomic E-state index is 4.75. The predicted octanol–water partition coefficient (Wildman–Crippen LogP) is 2.83. The zero-order valence-corrected chi connectivity index (χ0v) is 12.8. The van der Waals surface area contributed by atoms with Gasteiger partial charge in [-0.3, -0.25) is 4.90 Å². The molecular formula is C14H25N3S. The van der Waals surface area contributed by atoms with Gasteiger partial charge in [0.2, 0.25) is 0 Å². The smallest absolute Gasteiger partial charge is 0.0898 e. The molecule has 1 aliphatic rings. The Kier molecular flexibility index (Phi) is 4.76. The van der Waals surface area contributed by atoms with Crippen molar-refractivity contribution < 1.29 is 0 Å². The van der Waals surface area contributed by atoms with Gasteiger partial charge in [-0.25, -0.2) is 4.98 Å². The first kappa shape index (κ1) is 14.0. The number of rotatable bonds is 4. The van der Waals surface area contributed by atoms with Gasteiger partial charge in [0, 0.05) is 11.4 Å². The average molecular weight is 267 g/mol. The van der Waals surface area contributed by atoms with E-state index in [9.17, 15) is 0 Å². The van der Waals surface area contributed by atoms with Crippen LogP contribution in [0.25, 0.3) is 0 Å². The van der Waals surface area contributed by atoms with Gasteiger partial charge >= 0.3 is 0 Å². The van der Waals surface area contributed by atoms with Gasteiger partial charge in [-0.15, -0.1) is 11.3 Å². The maximum atomic E-state index is 4.75. The quantitative estimate of drug-likeness (QED) is 0.909. The molecule has 1 aliphatic heterocycles. The first-order valence-corrected chi connectivity index (χ1v) is 7.83. The molecule has 2 heterocycles. The molecule has 2 atom stereocenters. The molecular weight excluding hydrogens is 242 g/mol. The summed E-state index contributed by atoms with van der Waals surface area (Å²) in [5, 5.41) is 6.79. The Labute approximate surface area is 115 Å². The lowest BCUT2D eigenvalue weighted by atomic mass is 9.86. The van der Waals surface area contributed by atoms with E-state index < -0.39 is 0 Å². The highest BCUT2D eigenvalue weighted by Crippen LogP contribution is 2.37. The molecule has 0 saturated carbocycles. The SMILES string of the molecule is CNCC1CCCN(C(C)C)C1c1csc(C)n1. The molecule has 1 aromatic heterocycles. The van der Waals surface area contributed by atoms with Gasteiger partial charge in [0.25, 0.3) is 0 Å². The standard InChI is InChI=1S/C14H25N3S/c1-10(2)17-7-5-6-12(8-15-4)14(17)13-9-18-11(3)16-13/h9-10,12,14-15H,5-8H2,1-4H3. The highest BCUT2D eigenvalue weighted by molar-refractivity contribution is 7.09. The minimum Gasteiger partial charge on any atom is -0.319 e. The number of hydrogen-bond donors (Lipinski definition) is 1. The third-order valence-corrected chi connectivity index (χ3v) is 4.66. The maximum Gasteiger partial charge on any atom is 0.0898 e. The largest absolute Gasteiger partial charge is 0.319 e. The molecule has 0 bridgehead atoms. The molecule has 2 rings (SSSR count). The summed E-state index contributed by atoms with van der Waals surface area (Å²) in [4.78, 5) is 7.37. The predicted molar refractivity (Wildman–Crippen MR) is 78.1 cm³/mol. The number of nitrogens with zero attached hydrogens (tertiary/aromatic N) is 2. The summed E-state index contributed by atoms with van der Waals surface area (Å²) in [6.07, 6.45) is 2.62. The fraction of sp³-hybridized carbons (Fsp3) is 0.786. The van der Waals surface area contributed by atoms with Crippen molar-refractivity contribution in [2.75, 3.05) is 20.1 Å². The van der Waals surface area contributed by atoms with Gasteiger partial charge in [-0.05, 0) is 59.7 Å². The fourth-order valence-corrected chi connectivity index (χ4v) is 3.73. The summed E-state index contributed by atoms with van der Waals surface area (Å²) in [5.41, 5.74) is 1.28. The van der Waals surface area contributed by atoms with Crippen LogP contribution in [0.15, 0.2) is 5.38 Å². The highest BCUT2D eigenvalue weighted by Gasteiger charge is 2.34. The van der Waals surface area contributed by atoms with Crippen molar-refractivity contribution in [1.82, 2.24) is 15.2 Å². The molecule has 1 saturated heterocycles. The Morgan fingerprint density at radius 2 is 2.33 bits per heavy atom. The van der Waals surface area contributed by atoms with Crippen LogP contribution in [-0.2, 0) is 0 Å². The van der Waals surface area contributed by atoms with Crippen LogP contribution in [-0.4, -0.2) is 36.1 Å². The number of nitrogens with one attached hydrogen (secondary N) is 1. The van der Waals surface area contributed by atoms with Crippen molar-refractivity contribution in [3.8, 4) is 0 Å². The summed E-state index contributed by atoms with van der Waals surface area (Å²) in [6.45, 7) is 9.00. The van der Waals surface area contributed by atoms with E-state index in [2.05, 4.69) is 43.4 Å². The first-order chi connectivity index (χ1) is 8.63. The molecule has 4 heteroatoms. The van der Waals surface area contributed by atoms with Gasteiger partial charge in [0.05, 0.1) is 16.7 Å². The fourth-order valence-electron chi connectivity index (χ4n) is 3.09.